The Morgan fingerprint density at radius 2 is 1.62 bits per heavy atom. The molecular formula is C7H11Al+2. The van der Waals surface area contributed by atoms with Crippen molar-refractivity contribution in [1.82, 2.24) is 0 Å². The van der Waals surface area contributed by atoms with Gasteiger partial charge in [-0.25, -0.2) is 0 Å². The van der Waals surface area contributed by atoms with Crippen molar-refractivity contribution in [2.75, 3.05) is 0 Å². The molecular weight excluding hydrogens is 111 g/mol. The van der Waals surface area contributed by atoms with E-state index in [2.05, 4.69) is 29.4 Å². The van der Waals surface area contributed by atoms with Crippen LogP contribution in [-0.2, 0) is 0 Å². The summed E-state index contributed by atoms with van der Waals surface area (Å²) in [6.45, 7) is 7.27. The van der Waals surface area contributed by atoms with Crippen LogP contribution in [0.5, 0.6) is 0 Å². The zero-order valence-corrected chi connectivity index (χ0v) is 6.29. The van der Waals surface area contributed by atoms with Crippen LogP contribution in [-0.4, -0.2) is 16.3 Å². The van der Waals surface area contributed by atoms with Gasteiger partial charge in [-0.3, -0.25) is 0 Å². The zero-order valence-electron chi connectivity index (χ0n) is 5.14. The second-order valence-corrected chi connectivity index (χ2v) is 2.75. The Labute approximate surface area is 59.7 Å². The van der Waals surface area contributed by atoms with Crippen molar-refractivity contribution in [2.24, 2.45) is 0 Å². The van der Waals surface area contributed by atoms with E-state index < -0.39 is 0 Å². The molecule has 0 aromatic heterocycles. The Morgan fingerprint density at radius 3 is 1.88 bits per heavy atom. The topological polar surface area (TPSA) is 0 Å². The second-order valence-electron chi connectivity index (χ2n) is 1.81. The van der Waals surface area contributed by atoms with Crippen molar-refractivity contribution < 1.29 is 0 Å². The van der Waals surface area contributed by atoms with E-state index in [9.17, 15) is 0 Å². The predicted molar refractivity (Wildman–Crippen MR) is 39.1 cm³/mol. The fourth-order valence-corrected chi connectivity index (χ4v) is 0.909. The summed E-state index contributed by atoms with van der Waals surface area (Å²) in [5.41, 5.74) is 0. The molecule has 0 rings (SSSR count). The summed E-state index contributed by atoms with van der Waals surface area (Å²) in [5, 5.41) is 0. The minimum atomic E-state index is 0.644. The molecule has 0 bridgehead atoms. The van der Waals surface area contributed by atoms with Crippen molar-refractivity contribution >= 4 is 16.3 Å². The monoisotopic (exact) mass is 122 g/mol. The Hall–Kier alpha value is 0.0125. The standard InChI is InChI=1S/C7H11.Al/c1-3-5-7-6-4-2;/h3-4,7H,1-2,5-6H2;/q;+2. The van der Waals surface area contributed by atoms with Gasteiger partial charge in [-0.2, -0.15) is 0 Å². The summed E-state index contributed by atoms with van der Waals surface area (Å²) < 4.78 is 0.644. The van der Waals surface area contributed by atoms with Crippen molar-refractivity contribution in [2.45, 2.75) is 17.6 Å². The van der Waals surface area contributed by atoms with Crippen LogP contribution in [0.1, 0.15) is 12.8 Å². The summed E-state index contributed by atoms with van der Waals surface area (Å²) >= 11 is 2.76. The Morgan fingerprint density at radius 1 is 1.25 bits per heavy atom. The molecule has 0 aliphatic rings. The van der Waals surface area contributed by atoms with Crippen molar-refractivity contribution in [3.63, 3.8) is 0 Å². The van der Waals surface area contributed by atoms with Gasteiger partial charge < -0.3 is 0 Å². The van der Waals surface area contributed by atoms with Crippen LogP contribution < -0.4 is 0 Å². The molecule has 8 heavy (non-hydrogen) atoms. The molecule has 0 fully saturated rings. The van der Waals surface area contributed by atoms with E-state index in [-0.39, 0.29) is 0 Å². The molecule has 0 atom stereocenters. The van der Waals surface area contributed by atoms with Crippen molar-refractivity contribution in [3.8, 4) is 0 Å². The van der Waals surface area contributed by atoms with Gasteiger partial charge in [0.2, 0.25) is 0 Å². The first-order valence-electron chi connectivity index (χ1n) is 2.78. The first-order valence-corrected chi connectivity index (χ1v) is 3.45. The van der Waals surface area contributed by atoms with Crippen LogP contribution in [0.25, 0.3) is 0 Å². The Balaban J connectivity index is 3.16. The quantitative estimate of drug-likeness (QED) is 0.395. The third-order valence-electron chi connectivity index (χ3n) is 0.939. The molecule has 0 unspecified atom stereocenters. The summed E-state index contributed by atoms with van der Waals surface area (Å²) in [6, 6.07) is 0. The van der Waals surface area contributed by atoms with Gasteiger partial charge in [-0.15, -0.1) is 0 Å². The molecule has 0 aliphatic heterocycles. The Kier molecular flexibility index (Phi) is 5.16. The molecule has 0 aromatic carbocycles. The molecule has 0 spiro atoms. The third kappa shape index (κ3) is 4.18. The van der Waals surface area contributed by atoms with Gasteiger partial charge in [-0.1, -0.05) is 0 Å². The summed E-state index contributed by atoms with van der Waals surface area (Å²) in [7, 11) is 0. The SMILES string of the molecule is C=CC[CH]([Al+2])CC=C. The van der Waals surface area contributed by atoms with Crippen molar-refractivity contribution in [3.05, 3.63) is 25.3 Å². The molecule has 0 aromatic rings. The van der Waals surface area contributed by atoms with Crippen LogP contribution >= 0.6 is 0 Å². The van der Waals surface area contributed by atoms with Crippen LogP contribution in [0.2, 0.25) is 4.78 Å². The minimum absolute atomic E-state index is 0.644. The van der Waals surface area contributed by atoms with Gasteiger partial charge in [0, 0.05) is 0 Å². The van der Waals surface area contributed by atoms with Gasteiger partial charge in [-0.05, 0) is 0 Å². The molecule has 0 amide bonds. The fraction of sp³-hybridized carbons (Fsp3) is 0.429. The average molecular weight is 122 g/mol. The molecule has 0 aliphatic carbocycles. The number of rotatable bonds is 4. The van der Waals surface area contributed by atoms with Crippen LogP contribution in [0.3, 0.4) is 0 Å². The molecule has 0 saturated heterocycles. The van der Waals surface area contributed by atoms with Crippen LogP contribution in [0.4, 0.5) is 0 Å². The van der Waals surface area contributed by atoms with Gasteiger partial charge >= 0.3 is 59.2 Å². The summed E-state index contributed by atoms with van der Waals surface area (Å²) in [4.78, 5) is 0. The summed E-state index contributed by atoms with van der Waals surface area (Å²) in [6.07, 6.45) is 6.00. The second kappa shape index (κ2) is 5.16. The van der Waals surface area contributed by atoms with E-state index >= 15 is 0 Å². The third-order valence-corrected chi connectivity index (χ3v) is 1.48. The normalized spacial score (nSPS) is 9.38. The predicted octanol–water partition coefficient (Wildman–Crippen LogP) is 2.10. The van der Waals surface area contributed by atoms with E-state index in [1.165, 1.54) is 0 Å². The molecule has 0 saturated carbocycles. The first kappa shape index (κ1) is 8.01. The molecule has 0 radical (unpaired) electrons. The van der Waals surface area contributed by atoms with Crippen LogP contribution in [0.15, 0.2) is 25.3 Å². The van der Waals surface area contributed by atoms with Gasteiger partial charge in [0.1, 0.15) is 0 Å². The van der Waals surface area contributed by atoms with Gasteiger partial charge in [0.25, 0.3) is 0 Å². The number of allylic oxidation sites excluding steroid dienone is 2. The molecule has 0 N–H and O–H groups in total. The van der Waals surface area contributed by atoms with Crippen molar-refractivity contribution in [1.29, 1.82) is 0 Å². The number of hydrogen-bond acceptors (Lipinski definition) is 0. The van der Waals surface area contributed by atoms with E-state index in [1.807, 2.05) is 12.2 Å². The first-order chi connectivity index (χ1) is 3.81. The average Bonchev–Trinajstić information content (AvgIpc) is 1.68. The fourth-order valence-electron chi connectivity index (χ4n) is 0.524. The van der Waals surface area contributed by atoms with Gasteiger partial charge in [0.15, 0.2) is 0 Å². The molecule has 1 heteroatoms. The zero-order chi connectivity index (χ0) is 6.41. The van der Waals surface area contributed by atoms with E-state index in [4.69, 9.17) is 0 Å². The van der Waals surface area contributed by atoms with Crippen LogP contribution in [0, 0.1) is 0 Å². The Bertz CT molecular complexity index is 66.5. The van der Waals surface area contributed by atoms with E-state index in [1.54, 1.807) is 0 Å². The molecule has 0 nitrogen and oxygen atoms in total. The number of hydrogen-bond donors (Lipinski definition) is 0. The summed E-state index contributed by atoms with van der Waals surface area (Å²) in [5.74, 6) is 0. The molecule has 0 heterocycles. The van der Waals surface area contributed by atoms with Gasteiger partial charge in [0.05, 0.1) is 0 Å². The maximum absolute atomic E-state index is 3.64. The maximum atomic E-state index is 3.64. The van der Waals surface area contributed by atoms with E-state index in [0.717, 1.165) is 12.8 Å². The van der Waals surface area contributed by atoms with E-state index in [0.29, 0.717) is 4.78 Å². The molecule has 40 valence electrons.